The highest BCUT2D eigenvalue weighted by Gasteiger charge is 2.30. The van der Waals surface area contributed by atoms with Gasteiger partial charge in [-0.05, 0) is 18.6 Å². The minimum Gasteiger partial charge on any atom is -0.348 e. The first-order valence-electron chi connectivity index (χ1n) is 7.01. The number of hydrogen-bond acceptors (Lipinski definition) is 5. The van der Waals surface area contributed by atoms with Crippen LogP contribution in [0, 0.1) is 0 Å². The van der Waals surface area contributed by atoms with Gasteiger partial charge < -0.3 is 4.90 Å². The van der Waals surface area contributed by atoms with Crippen LogP contribution in [0.3, 0.4) is 0 Å². The Morgan fingerprint density at radius 3 is 2.00 bits per heavy atom. The maximum absolute atomic E-state index is 12.8. The van der Waals surface area contributed by atoms with Gasteiger partial charge in [-0.1, -0.05) is 19.1 Å². The van der Waals surface area contributed by atoms with Crippen LogP contribution in [-0.2, 0) is 24.7 Å². The number of amides is 1. The van der Waals surface area contributed by atoms with Gasteiger partial charge in [0.25, 0.3) is 0 Å². The van der Waals surface area contributed by atoms with E-state index in [2.05, 4.69) is 0 Å². The van der Waals surface area contributed by atoms with Crippen LogP contribution in [0.1, 0.15) is 13.3 Å². The third kappa shape index (κ3) is 4.76. The van der Waals surface area contributed by atoms with E-state index < -0.39 is 19.9 Å². The third-order valence-electron chi connectivity index (χ3n) is 3.15. The molecule has 0 unspecified atom stereocenters. The Bertz CT molecular complexity index is 770. The molecule has 0 aliphatic rings. The van der Waals surface area contributed by atoms with Crippen LogP contribution in [0.15, 0.2) is 34.1 Å². The van der Waals surface area contributed by atoms with E-state index in [-0.39, 0.29) is 28.8 Å². The summed E-state index contributed by atoms with van der Waals surface area (Å²) >= 11 is 0. The van der Waals surface area contributed by atoms with Crippen molar-refractivity contribution in [1.82, 2.24) is 9.21 Å². The normalized spacial score (nSPS) is 12.4. The molecule has 0 saturated heterocycles. The molecule has 0 aromatic heterocycles. The summed E-state index contributed by atoms with van der Waals surface area (Å²) in [4.78, 5) is 12.6. The highest BCUT2D eigenvalue weighted by Crippen LogP contribution is 2.24. The summed E-state index contributed by atoms with van der Waals surface area (Å²) in [6.07, 6.45) is 1.46. The van der Waals surface area contributed by atoms with Crippen molar-refractivity contribution < 1.29 is 21.6 Å². The van der Waals surface area contributed by atoms with Crippen LogP contribution in [0.25, 0.3) is 0 Å². The van der Waals surface area contributed by atoms with Gasteiger partial charge in [-0.3, -0.25) is 4.79 Å². The Morgan fingerprint density at radius 2 is 1.57 bits per heavy atom. The monoisotopic (exact) mass is 362 g/mol. The predicted molar refractivity (Wildman–Crippen MR) is 87.3 cm³/mol. The number of sulfonamides is 1. The van der Waals surface area contributed by atoms with Crippen LogP contribution in [0.2, 0.25) is 0 Å². The largest absolute Gasteiger partial charge is 0.348 e. The molecule has 1 aromatic rings. The van der Waals surface area contributed by atoms with Crippen LogP contribution < -0.4 is 0 Å². The molecule has 1 amide bonds. The molecule has 130 valence electrons. The molecular formula is C14H22N2O5S2. The van der Waals surface area contributed by atoms with Gasteiger partial charge in [-0.25, -0.2) is 16.8 Å². The fourth-order valence-corrected chi connectivity index (χ4v) is 5.02. The second-order valence-electron chi connectivity index (χ2n) is 5.35. The molecular weight excluding hydrogens is 340 g/mol. The molecule has 0 atom stereocenters. The molecule has 0 saturated carbocycles. The average Bonchev–Trinajstić information content (AvgIpc) is 2.45. The molecule has 23 heavy (non-hydrogen) atoms. The molecule has 0 spiro atoms. The summed E-state index contributed by atoms with van der Waals surface area (Å²) in [6, 6.07) is 5.42. The summed E-state index contributed by atoms with van der Waals surface area (Å²) in [6.45, 7) is 1.58. The van der Waals surface area contributed by atoms with E-state index in [1.165, 1.54) is 43.3 Å². The SMILES string of the molecule is CCCN(CC(=O)N(C)C)S(=O)(=O)c1ccccc1S(C)(=O)=O. The first-order valence-corrected chi connectivity index (χ1v) is 10.3. The van der Waals surface area contributed by atoms with Gasteiger partial charge in [0.15, 0.2) is 9.84 Å². The Hall–Kier alpha value is -1.45. The molecule has 0 aliphatic heterocycles. The summed E-state index contributed by atoms with van der Waals surface area (Å²) in [7, 11) is -4.75. The van der Waals surface area contributed by atoms with E-state index >= 15 is 0 Å². The van der Waals surface area contributed by atoms with Gasteiger partial charge in [0.2, 0.25) is 15.9 Å². The van der Waals surface area contributed by atoms with Crippen LogP contribution in [0.5, 0.6) is 0 Å². The number of rotatable bonds is 7. The Labute approximate surface area is 137 Å². The van der Waals surface area contributed by atoms with E-state index in [0.29, 0.717) is 6.42 Å². The molecule has 1 rings (SSSR count). The van der Waals surface area contributed by atoms with E-state index in [1.807, 2.05) is 0 Å². The van der Waals surface area contributed by atoms with E-state index in [4.69, 9.17) is 0 Å². The van der Waals surface area contributed by atoms with E-state index in [0.717, 1.165) is 10.6 Å². The standard InChI is InChI=1S/C14H22N2O5S2/c1-5-10-16(11-14(17)15(2)3)23(20,21)13-9-7-6-8-12(13)22(4,18)19/h6-9H,5,10-11H2,1-4H3. The fourth-order valence-electron chi connectivity index (χ4n) is 1.93. The van der Waals surface area contributed by atoms with E-state index in [9.17, 15) is 21.6 Å². The second-order valence-corrected chi connectivity index (χ2v) is 9.24. The number of sulfone groups is 1. The molecule has 0 N–H and O–H groups in total. The summed E-state index contributed by atoms with van der Waals surface area (Å²) in [5, 5.41) is 0. The molecule has 1 aromatic carbocycles. The topological polar surface area (TPSA) is 91.8 Å². The number of carbonyl (C=O) groups is 1. The van der Waals surface area contributed by atoms with E-state index in [1.54, 1.807) is 6.92 Å². The van der Waals surface area contributed by atoms with Crippen molar-refractivity contribution in [3.05, 3.63) is 24.3 Å². The third-order valence-corrected chi connectivity index (χ3v) is 6.34. The second kappa shape index (κ2) is 7.41. The van der Waals surface area contributed by atoms with Crippen molar-refractivity contribution in [3.8, 4) is 0 Å². The van der Waals surface area contributed by atoms with Crippen molar-refractivity contribution in [1.29, 1.82) is 0 Å². The Morgan fingerprint density at radius 1 is 1.04 bits per heavy atom. The van der Waals surface area contributed by atoms with Gasteiger partial charge in [0.1, 0.15) is 4.90 Å². The molecule has 0 heterocycles. The van der Waals surface area contributed by atoms with Crippen molar-refractivity contribution in [2.24, 2.45) is 0 Å². The van der Waals surface area contributed by atoms with Crippen LogP contribution >= 0.6 is 0 Å². The minimum absolute atomic E-state index is 0.125. The number of hydrogen-bond donors (Lipinski definition) is 0. The molecule has 9 heteroatoms. The lowest BCUT2D eigenvalue weighted by molar-refractivity contribution is -0.128. The van der Waals surface area contributed by atoms with Gasteiger partial charge >= 0.3 is 0 Å². The van der Waals surface area contributed by atoms with Gasteiger partial charge in [-0.2, -0.15) is 4.31 Å². The quantitative estimate of drug-likeness (QED) is 0.707. The minimum atomic E-state index is -4.10. The van der Waals surface area contributed by atoms with Crippen LogP contribution in [0.4, 0.5) is 0 Å². The number of carbonyl (C=O) groups excluding carboxylic acids is 1. The summed E-state index contributed by atoms with van der Waals surface area (Å²) in [5.41, 5.74) is 0. The molecule has 0 radical (unpaired) electrons. The highest BCUT2D eigenvalue weighted by atomic mass is 32.2. The Balaban J connectivity index is 3.40. The maximum atomic E-state index is 12.8. The molecule has 7 nitrogen and oxygen atoms in total. The smallest absolute Gasteiger partial charge is 0.244 e. The predicted octanol–water partition coefficient (Wildman–Crippen LogP) is 0.579. The van der Waals surface area contributed by atoms with Gasteiger partial charge in [-0.15, -0.1) is 0 Å². The Kier molecular flexibility index (Phi) is 6.32. The molecule has 0 fully saturated rings. The lowest BCUT2D eigenvalue weighted by Crippen LogP contribution is -2.41. The lowest BCUT2D eigenvalue weighted by atomic mass is 10.4. The van der Waals surface area contributed by atoms with Crippen LogP contribution in [-0.4, -0.2) is 65.4 Å². The van der Waals surface area contributed by atoms with Crippen molar-refractivity contribution in [2.75, 3.05) is 33.4 Å². The van der Waals surface area contributed by atoms with Gasteiger partial charge in [0, 0.05) is 26.9 Å². The fraction of sp³-hybridized carbons (Fsp3) is 0.500. The zero-order chi connectivity index (χ0) is 17.8. The molecule has 0 aliphatic carbocycles. The number of benzene rings is 1. The highest BCUT2D eigenvalue weighted by molar-refractivity contribution is 7.93. The molecule has 0 bridgehead atoms. The lowest BCUT2D eigenvalue weighted by Gasteiger charge is -2.23. The maximum Gasteiger partial charge on any atom is 0.244 e. The summed E-state index contributed by atoms with van der Waals surface area (Å²) in [5.74, 6) is -0.376. The zero-order valence-electron chi connectivity index (χ0n) is 13.7. The van der Waals surface area contributed by atoms with Crippen molar-refractivity contribution in [2.45, 2.75) is 23.1 Å². The average molecular weight is 362 g/mol. The van der Waals surface area contributed by atoms with Crippen molar-refractivity contribution in [3.63, 3.8) is 0 Å². The number of likely N-dealkylation sites (N-methyl/N-ethyl adjacent to an activating group) is 1. The zero-order valence-corrected chi connectivity index (χ0v) is 15.3. The first kappa shape index (κ1) is 19.6. The number of nitrogens with zero attached hydrogens (tertiary/aromatic N) is 2. The summed E-state index contributed by atoms with van der Waals surface area (Å²) < 4.78 is 50.4. The van der Waals surface area contributed by atoms with Crippen molar-refractivity contribution >= 4 is 25.8 Å². The van der Waals surface area contributed by atoms with Gasteiger partial charge in [0.05, 0.1) is 11.4 Å². The first-order chi connectivity index (χ1) is 10.5.